The molecule has 1 N–H and O–H groups in total. The van der Waals surface area contributed by atoms with Gasteiger partial charge in [-0.05, 0) is 43.5 Å². The zero-order valence-corrected chi connectivity index (χ0v) is 13.6. The van der Waals surface area contributed by atoms with Crippen molar-refractivity contribution in [1.29, 1.82) is 0 Å². The van der Waals surface area contributed by atoms with E-state index in [9.17, 15) is 5.11 Å². The Labute approximate surface area is 136 Å². The first-order chi connectivity index (χ1) is 10.6. The van der Waals surface area contributed by atoms with E-state index < -0.39 is 6.10 Å². The second-order valence-electron chi connectivity index (χ2n) is 6.06. The van der Waals surface area contributed by atoms with Crippen molar-refractivity contribution in [3.63, 3.8) is 0 Å². The van der Waals surface area contributed by atoms with E-state index in [-0.39, 0.29) is 0 Å². The van der Waals surface area contributed by atoms with Crippen LogP contribution in [0.25, 0.3) is 0 Å². The van der Waals surface area contributed by atoms with Crippen molar-refractivity contribution in [1.82, 2.24) is 14.7 Å². The monoisotopic (exact) mass is 319 g/mol. The van der Waals surface area contributed by atoms with Crippen LogP contribution < -0.4 is 0 Å². The zero-order chi connectivity index (χ0) is 15.5. The van der Waals surface area contributed by atoms with Gasteiger partial charge in [-0.2, -0.15) is 5.10 Å². The number of benzene rings is 1. The molecule has 1 aliphatic heterocycles. The van der Waals surface area contributed by atoms with Gasteiger partial charge < -0.3 is 10.0 Å². The second-order valence-corrected chi connectivity index (χ2v) is 6.47. The summed E-state index contributed by atoms with van der Waals surface area (Å²) >= 11 is 6.15. The quantitative estimate of drug-likeness (QED) is 0.942. The SMILES string of the molecule is Cn1cc(C2CCN(C[C@H](O)c3ccccc3Cl)CC2)cn1. The van der Waals surface area contributed by atoms with Gasteiger partial charge in [0.1, 0.15) is 0 Å². The number of β-amino-alcohol motifs (C(OH)–C–C–N with tert-alkyl or cyclic N) is 1. The minimum absolute atomic E-state index is 0.524. The number of aliphatic hydroxyl groups is 1. The summed E-state index contributed by atoms with van der Waals surface area (Å²) in [5, 5.41) is 15.3. The number of aromatic nitrogens is 2. The highest BCUT2D eigenvalue weighted by Gasteiger charge is 2.23. The van der Waals surface area contributed by atoms with E-state index in [0.717, 1.165) is 31.5 Å². The van der Waals surface area contributed by atoms with Crippen LogP contribution in [-0.2, 0) is 7.05 Å². The molecule has 0 spiro atoms. The first-order valence-electron chi connectivity index (χ1n) is 7.77. The van der Waals surface area contributed by atoms with Crippen LogP contribution in [-0.4, -0.2) is 39.4 Å². The minimum atomic E-state index is -0.524. The Bertz CT molecular complexity index is 620. The Balaban J connectivity index is 1.55. The highest BCUT2D eigenvalue weighted by atomic mass is 35.5. The number of halogens is 1. The summed E-state index contributed by atoms with van der Waals surface area (Å²) < 4.78 is 1.86. The lowest BCUT2D eigenvalue weighted by molar-refractivity contribution is 0.0973. The van der Waals surface area contributed by atoms with Gasteiger partial charge >= 0.3 is 0 Å². The Hall–Kier alpha value is -1.36. The molecule has 3 rings (SSSR count). The van der Waals surface area contributed by atoms with Crippen molar-refractivity contribution in [3.05, 3.63) is 52.8 Å². The van der Waals surface area contributed by atoms with Crippen LogP contribution >= 0.6 is 11.6 Å². The van der Waals surface area contributed by atoms with E-state index in [4.69, 9.17) is 11.6 Å². The number of hydrogen-bond donors (Lipinski definition) is 1. The van der Waals surface area contributed by atoms with E-state index >= 15 is 0 Å². The Morgan fingerprint density at radius 2 is 2.05 bits per heavy atom. The number of likely N-dealkylation sites (tertiary alicyclic amines) is 1. The van der Waals surface area contributed by atoms with Crippen molar-refractivity contribution in [2.45, 2.75) is 24.9 Å². The van der Waals surface area contributed by atoms with Gasteiger partial charge in [-0.25, -0.2) is 0 Å². The predicted octanol–water partition coefficient (Wildman–Crippen LogP) is 2.99. The summed E-state index contributed by atoms with van der Waals surface area (Å²) in [7, 11) is 1.96. The molecule has 2 heterocycles. The fourth-order valence-corrected chi connectivity index (χ4v) is 3.45. The van der Waals surface area contributed by atoms with Crippen LogP contribution in [0.3, 0.4) is 0 Å². The average molecular weight is 320 g/mol. The number of hydrogen-bond acceptors (Lipinski definition) is 3. The largest absolute Gasteiger partial charge is 0.387 e. The lowest BCUT2D eigenvalue weighted by atomic mass is 9.91. The molecule has 1 fully saturated rings. The molecular formula is C17H22ClN3O. The normalized spacial score (nSPS) is 18.5. The molecule has 1 saturated heterocycles. The maximum absolute atomic E-state index is 10.4. The highest BCUT2D eigenvalue weighted by Crippen LogP contribution is 2.29. The van der Waals surface area contributed by atoms with Crippen LogP contribution in [0.2, 0.25) is 5.02 Å². The molecule has 0 unspecified atom stereocenters. The summed E-state index contributed by atoms with van der Waals surface area (Å²) in [5.41, 5.74) is 2.15. The molecule has 118 valence electrons. The molecule has 1 aromatic carbocycles. The van der Waals surface area contributed by atoms with Crippen molar-refractivity contribution >= 4 is 11.6 Å². The summed E-state index contributed by atoms with van der Waals surface area (Å²) in [6.45, 7) is 2.64. The molecular weight excluding hydrogens is 298 g/mol. The highest BCUT2D eigenvalue weighted by molar-refractivity contribution is 6.31. The topological polar surface area (TPSA) is 41.3 Å². The molecule has 4 nitrogen and oxygen atoms in total. The number of rotatable bonds is 4. The van der Waals surface area contributed by atoms with Crippen molar-refractivity contribution in [3.8, 4) is 0 Å². The van der Waals surface area contributed by atoms with Crippen LogP contribution in [0, 0.1) is 0 Å². The van der Waals surface area contributed by atoms with E-state index in [0.29, 0.717) is 17.5 Å². The second kappa shape index (κ2) is 6.82. The van der Waals surface area contributed by atoms with Gasteiger partial charge in [-0.15, -0.1) is 0 Å². The molecule has 22 heavy (non-hydrogen) atoms. The standard InChI is InChI=1S/C17H22ClN3O/c1-20-11-14(10-19-20)13-6-8-21(9-7-13)12-17(22)15-4-2-3-5-16(15)18/h2-5,10-11,13,17,22H,6-9,12H2,1H3/t17-/m0/s1. The third-order valence-corrected chi connectivity index (χ3v) is 4.82. The van der Waals surface area contributed by atoms with Gasteiger partial charge in [0.25, 0.3) is 0 Å². The number of nitrogens with zero attached hydrogens (tertiary/aromatic N) is 3. The molecule has 0 amide bonds. The fourth-order valence-electron chi connectivity index (χ4n) is 3.19. The van der Waals surface area contributed by atoms with Gasteiger partial charge in [0, 0.05) is 30.4 Å². The molecule has 0 saturated carbocycles. The molecule has 1 atom stereocenters. The first-order valence-corrected chi connectivity index (χ1v) is 8.14. The van der Waals surface area contributed by atoms with Crippen LogP contribution in [0.5, 0.6) is 0 Å². The van der Waals surface area contributed by atoms with E-state index in [1.165, 1.54) is 5.56 Å². The molecule has 0 bridgehead atoms. The van der Waals surface area contributed by atoms with Gasteiger partial charge in [0.05, 0.1) is 12.3 Å². The van der Waals surface area contributed by atoms with E-state index in [1.54, 1.807) is 0 Å². The molecule has 0 radical (unpaired) electrons. The third kappa shape index (κ3) is 3.51. The molecule has 2 aromatic rings. The Kier molecular flexibility index (Phi) is 4.81. The molecule has 0 aliphatic carbocycles. The maximum atomic E-state index is 10.4. The lowest BCUT2D eigenvalue weighted by Gasteiger charge is -2.33. The van der Waals surface area contributed by atoms with Crippen molar-refractivity contribution in [2.75, 3.05) is 19.6 Å². The smallest absolute Gasteiger partial charge is 0.0931 e. The predicted molar refractivity (Wildman–Crippen MR) is 88.0 cm³/mol. The number of aliphatic hydroxyl groups excluding tert-OH is 1. The molecule has 5 heteroatoms. The number of piperidine rings is 1. The van der Waals surface area contributed by atoms with Gasteiger partial charge in [-0.1, -0.05) is 29.8 Å². The summed E-state index contributed by atoms with van der Waals surface area (Å²) in [5.74, 6) is 0.586. The van der Waals surface area contributed by atoms with Crippen LogP contribution in [0.4, 0.5) is 0 Å². The van der Waals surface area contributed by atoms with Crippen LogP contribution in [0.15, 0.2) is 36.7 Å². The van der Waals surface area contributed by atoms with Gasteiger partial charge in [0.2, 0.25) is 0 Å². The van der Waals surface area contributed by atoms with Gasteiger partial charge in [-0.3, -0.25) is 4.68 Å². The van der Waals surface area contributed by atoms with Crippen molar-refractivity contribution in [2.24, 2.45) is 7.05 Å². The molecule has 1 aromatic heterocycles. The summed E-state index contributed by atoms with van der Waals surface area (Å²) in [6, 6.07) is 7.53. The van der Waals surface area contributed by atoms with Crippen molar-refractivity contribution < 1.29 is 5.11 Å². The Morgan fingerprint density at radius 3 is 2.68 bits per heavy atom. The first kappa shape index (κ1) is 15.5. The summed E-state index contributed by atoms with van der Waals surface area (Å²) in [6.07, 6.45) is 5.78. The molecule has 1 aliphatic rings. The third-order valence-electron chi connectivity index (χ3n) is 4.48. The maximum Gasteiger partial charge on any atom is 0.0931 e. The zero-order valence-electron chi connectivity index (χ0n) is 12.8. The Morgan fingerprint density at radius 1 is 1.32 bits per heavy atom. The van der Waals surface area contributed by atoms with Gasteiger partial charge in [0.15, 0.2) is 0 Å². The minimum Gasteiger partial charge on any atom is -0.387 e. The summed E-state index contributed by atoms with van der Waals surface area (Å²) in [4.78, 5) is 2.32. The number of aryl methyl sites for hydroxylation is 1. The average Bonchev–Trinajstić information content (AvgIpc) is 2.95. The van der Waals surface area contributed by atoms with E-state index in [2.05, 4.69) is 16.2 Å². The lowest BCUT2D eigenvalue weighted by Crippen LogP contribution is -2.36. The fraction of sp³-hybridized carbons (Fsp3) is 0.471. The van der Waals surface area contributed by atoms with Crippen LogP contribution in [0.1, 0.15) is 36.0 Å². The van der Waals surface area contributed by atoms with E-state index in [1.807, 2.05) is 42.2 Å².